The van der Waals surface area contributed by atoms with Gasteiger partial charge in [-0.05, 0) is 19.3 Å². The Labute approximate surface area is 108 Å². The minimum Gasteiger partial charge on any atom is -0.376 e. The van der Waals surface area contributed by atoms with Crippen LogP contribution in [0.4, 0.5) is 11.6 Å². The predicted octanol–water partition coefficient (Wildman–Crippen LogP) is 2.06. The summed E-state index contributed by atoms with van der Waals surface area (Å²) in [5, 5.41) is 6.52. The number of anilines is 2. The van der Waals surface area contributed by atoms with E-state index in [0.29, 0.717) is 6.10 Å². The number of hydrogen-bond donors (Lipinski definition) is 2. The van der Waals surface area contributed by atoms with Gasteiger partial charge in [-0.15, -0.1) is 0 Å². The highest BCUT2D eigenvalue weighted by Crippen LogP contribution is 2.22. The van der Waals surface area contributed by atoms with E-state index < -0.39 is 0 Å². The van der Waals surface area contributed by atoms with Gasteiger partial charge in [-0.3, -0.25) is 0 Å². The van der Waals surface area contributed by atoms with Crippen molar-refractivity contribution in [3.8, 4) is 0 Å². The van der Waals surface area contributed by atoms with Gasteiger partial charge in [-0.2, -0.15) is 0 Å². The van der Waals surface area contributed by atoms with E-state index in [-0.39, 0.29) is 0 Å². The van der Waals surface area contributed by atoms with E-state index in [2.05, 4.69) is 27.5 Å². The maximum absolute atomic E-state index is 5.61. The van der Waals surface area contributed by atoms with E-state index in [1.165, 1.54) is 12.0 Å². The molecule has 1 aromatic rings. The lowest BCUT2D eigenvalue weighted by Crippen LogP contribution is -2.20. The molecule has 2 heterocycles. The third kappa shape index (κ3) is 3.10. The Morgan fingerprint density at radius 1 is 1.39 bits per heavy atom. The van der Waals surface area contributed by atoms with Crippen LogP contribution in [0.3, 0.4) is 0 Å². The number of aromatic nitrogens is 2. The largest absolute Gasteiger partial charge is 0.376 e. The van der Waals surface area contributed by atoms with Gasteiger partial charge in [0.15, 0.2) is 0 Å². The lowest BCUT2D eigenvalue weighted by molar-refractivity contribution is 0.120. The lowest BCUT2D eigenvalue weighted by atomic mass is 10.1. The van der Waals surface area contributed by atoms with Gasteiger partial charge in [-0.25, -0.2) is 9.97 Å². The fourth-order valence-corrected chi connectivity index (χ4v) is 2.28. The summed E-state index contributed by atoms with van der Waals surface area (Å²) < 4.78 is 5.61. The molecule has 0 bridgehead atoms. The monoisotopic (exact) mass is 250 g/mol. The zero-order valence-corrected chi connectivity index (χ0v) is 11.2. The zero-order valence-electron chi connectivity index (χ0n) is 11.2. The summed E-state index contributed by atoms with van der Waals surface area (Å²) in [7, 11) is 1.89. The first-order valence-electron chi connectivity index (χ1n) is 6.72. The minimum atomic E-state index is 0.326. The Morgan fingerprint density at radius 3 is 2.89 bits per heavy atom. The van der Waals surface area contributed by atoms with Crippen LogP contribution in [-0.2, 0) is 11.2 Å². The molecule has 0 amide bonds. The number of rotatable bonds is 6. The van der Waals surface area contributed by atoms with E-state index in [9.17, 15) is 0 Å². The summed E-state index contributed by atoms with van der Waals surface area (Å²) in [5.74, 6) is 1.85. The average molecular weight is 250 g/mol. The molecule has 1 atom stereocenters. The quantitative estimate of drug-likeness (QED) is 0.809. The average Bonchev–Trinajstić information content (AvgIpc) is 2.91. The summed E-state index contributed by atoms with van der Waals surface area (Å²) >= 11 is 0. The SMILES string of the molecule is CCCc1c(NC)ncnc1NCC1CCCO1. The second-order valence-corrected chi connectivity index (χ2v) is 4.57. The van der Waals surface area contributed by atoms with Crippen LogP contribution < -0.4 is 10.6 Å². The summed E-state index contributed by atoms with van der Waals surface area (Å²) in [6.07, 6.45) is 6.29. The van der Waals surface area contributed by atoms with Crippen LogP contribution in [0.5, 0.6) is 0 Å². The highest BCUT2D eigenvalue weighted by molar-refractivity contribution is 5.57. The van der Waals surface area contributed by atoms with Gasteiger partial charge in [-0.1, -0.05) is 13.3 Å². The van der Waals surface area contributed by atoms with Crippen molar-refractivity contribution in [3.05, 3.63) is 11.9 Å². The van der Waals surface area contributed by atoms with Crippen LogP contribution in [0.2, 0.25) is 0 Å². The van der Waals surface area contributed by atoms with Crippen LogP contribution in [0.1, 0.15) is 31.7 Å². The Hall–Kier alpha value is -1.36. The van der Waals surface area contributed by atoms with Crippen LogP contribution >= 0.6 is 0 Å². The molecule has 2 rings (SSSR count). The molecular formula is C13H22N4O. The molecule has 1 fully saturated rings. The highest BCUT2D eigenvalue weighted by atomic mass is 16.5. The number of nitrogens with zero attached hydrogens (tertiary/aromatic N) is 2. The predicted molar refractivity (Wildman–Crippen MR) is 73.0 cm³/mol. The molecular weight excluding hydrogens is 228 g/mol. The van der Waals surface area contributed by atoms with Gasteiger partial charge < -0.3 is 15.4 Å². The van der Waals surface area contributed by atoms with Gasteiger partial charge in [0.25, 0.3) is 0 Å². The van der Waals surface area contributed by atoms with E-state index in [1.807, 2.05) is 7.05 Å². The minimum absolute atomic E-state index is 0.326. The van der Waals surface area contributed by atoms with Gasteiger partial charge in [0.1, 0.15) is 18.0 Å². The molecule has 100 valence electrons. The van der Waals surface area contributed by atoms with Gasteiger partial charge >= 0.3 is 0 Å². The van der Waals surface area contributed by atoms with Crippen LogP contribution in [0.15, 0.2) is 6.33 Å². The second kappa shape index (κ2) is 6.54. The molecule has 2 N–H and O–H groups in total. The van der Waals surface area contributed by atoms with Crippen LogP contribution in [0.25, 0.3) is 0 Å². The van der Waals surface area contributed by atoms with Crippen molar-refractivity contribution >= 4 is 11.6 Å². The molecule has 1 unspecified atom stereocenters. The first-order chi connectivity index (χ1) is 8.85. The molecule has 0 aromatic carbocycles. The van der Waals surface area contributed by atoms with Gasteiger partial charge in [0, 0.05) is 25.8 Å². The summed E-state index contributed by atoms with van der Waals surface area (Å²) in [4.78, 5) is 8.61. The van der Waals surface area contributed by atoms with Crippen molar-refractivity contribution in [1.29, 1.82) is 0 Å². The molecule has 0 spiro atoms. The molecule has 5 nitrogen and oxygen atoms in total. The molecule has 1 aromatic heterocycles. The second-order valence-electron chi connectivity index (χ2n) is 4.57. The maximum Gasteiger partial charge on any atom is 0.134 e. The standard InChI is InChI=1S/C13H22N4O/c1-3-5-11-12(14-2)16-9-17-13(11)15-8-10-6-4-7-18-10/h9-10H,3-8H2,1-2H3,(H2,14,15,16,17). The van der Waals surface area contributed by atoms with Crippen molar-refractivity contribution in [3.63, 3.8) is 0 Å². The highest BCUT2D eigenvalue weighted by Gasteiger charge is 2.16. The molecule has 1 aliphatic heterocycles. The topological polar surface area (TPSA) is 59.1 Å². The van der Waals surface area contributed by atoms with E-state index in [4.69, 9.17) is 4.74 Å². The Balaban J connectivity index is 2.05. The molecule has 0 saturated carbocycles. The zero-order chi connectivity index (χ0) is 12.8. The van der Waals surface area contributed by atoms with Crippen molar-refractivity contribution in [2.24, 2.45) is 0 Å². The molecule has 0 aliphatic carbocycles. The van der Waals surface area contributed by atoms with Gasteiger partial charge in [0.2, 0.25) is 0 Å². The fourth-order valence-electron chi connectivity index (χ4n) is 2.28. The van der Waals surface area contributed by atoms with Crippen molar-refractivity contribution in [2.75, 3.05) is 30.8 Å². The van der Waals surface area contributed by atoms with Crippen molar-refractivity contribution in [1.82, 2.24) is 9.97 Å². The van der Waals surface area contributed by atoms with Crippen LogP contribution in [0, 0.1) is 0 Å². The third-order valence-electron chi connectivity index (χ3n) is 3.20. The molecule has 5 heteroatoms. The number of ether oxygens (including phenoxy) is 1. The van der Waals surface area contributed by atoms with Gasteiger partial charge in [0.05, 0.1) is 6.10 Å². The Kier molecular flexibility index (Phi) is 4.75. The Morgan fingerprint density at radius 2 is 2.22 bits per heavy atom. The fraction of sp³-hybridized carbons (Fsp3) is 0.692. The first kappa shape index (κ1) is 13.1. The van der Waals surface area contributed by atoms with E-state index in [1.54, 1.807) is 6.33 Å². The maximum atomic E-state index is 5.61. The van der Waals surface area contributed by atoms with Crippen LogP contribution in [-0.4, -0.2) is 36.3 Å². The third-order valence-corrected chi connectivity index (χ3v) is 3.20. The molecule has 18 heavy (non-hydrogen) atoms. The summed E-state index contributed by atoms with van der Waals surface area (Å²) in [6, 6.07) is 0. The van der Waals surface area contributed by atoms with E-state index in [0.717, 1.165) is 44.0 Å². The number of nitrogens with one attached hydrogen (secondary N) is 2. The lowest BCUT2D eigenvalue weighted by Gasteiger charge is -2.15. The molecule has 0 radical (unpaired) electrons. The molecule has 1 saturated heterocycles. The smallest absolute Gasteiger partial charge is 0.134 e. The van der Waals surface area contributed by atoms with Crippen molar-refractivity contribution in [2.45, 2.75) is 38.7 Å². The Bertz CT molecular complexity index is 377. The van der Waals surface area contributed by atoms with E-state index >= 15 is 0 Å². The summed E-state index contributed by atoms with van der Waals surface area (Å²) in [5.41, 5.74) is 1.17. The summed E-state index contributed by atoms with van der Waals surface area (Å²) in [6.45, 7) is 3.88. The van der Waals surface area contributed by atoms with Crippen molar-refractivity contribution < 1.29 is 4.74 Å². The normalized spacial score (nSPS) is 18.9. The first-order valence-corrected chi connectivity index (χ1v) is 6.72. The number of hydrogen-bond acceptors (Lipinski definition) is 5. The molecule has 1 aliphatic rings.